The summed E-state index contributed by atoms with van der Waals surface area (Å²) < 4.78 is 5.86. The highest BCUT2D eigenvalue weighted by Crippen LogP contribution is 2.35. The first-order valence-electron chi connectivity index (χ1n) is 5.34. The van der Waals surface area contributed by atoms with Crippen LogP contribution in [0.2, 0.25) is 0 Å². The summed E-state index contributed by atoms with van der Waals surface area (Å²) in [5.41, 5.74) is 1.19. The second kappa shape index (κ2) is 4.28. The SMILES string of the molecule is N#Cc1noc(-c2cccc3ccccc23)c1Br. The van der Waals surface area contributed by atoms with Crippen LogP contribution in [0.4, 0.5) is 0 Å². The molecule has 3 rings (SSSR count). The van der Waals surface area contributed by atoms with Crippen molar-refractivity contribution >= 4 is 26.7 Å². The molecular weight excluding hydrogens is 292 g/mol. The molecular formula is C14H7BrN2O. The van der Waals surface area contributed by atoms with Crippen molar-refractivity contribution in [3.05, 3.63) is 52.6 Å². The maximum Gasteiger partial charge on any atom is 0.198 e. The Kier molecular flexibility index (Phi) is 2.62. The maximum absolute atomic E-state index is 8.89. The third-order valence-electron chi connectivity index (χ3n) is 2.78. The number of rotatable bonds is 1. The maximum atomic E-state index is 8.89. The van der Waals surface area contributed by atoms with E-state index in [9.17, 15) is 0 Å². The van der Waals surface area contributed by atoms with E-state index in [0.29, 0.717) is 10.2 Å². The normalized spacial score (nSPS) is 10.4. The van der Waals surface area contributed by atoms with E-state index in [1.54, 1.807) is 0 Å². The van der Waals surface area contributed by atoms with Crippen LogP contribution < -0.4 is 0 Å². The predicted octanol–water partition coefficient (Wildman–Crippen LogP) is 4.13. The first kappa shape index (κ1) is 11.0. The molecule has 2 aromatic carbocycles. The van der Waals surface area contributed by atoms with Crippen molar-refractivity contribution in [1.29, 1.82) is 5.26 Å². The van der Waals surface area contributed by atoms with Gasteiger partial charge in [-0.25, -0.2) is 0 Å². The van der Waals surface area contributed by atoms with Gasteiger partial charge in [0.2, 0.25) is 0 Å². The van der Waals surface area contributed by atoms with Gasteiger partial charge in [-0.05, 0) is 26.7 Å². The van der Waals surface area contributed by atoms with Gasteiger partial charge in [0.05, 0.1) is 0 Å². The average molecular weight is 299 g/mol. The van der Waals surface area contributed by atoms with Crippen LogP contribution in [0.3, 0.4) is 0 Å². The molecule has 86 valence electrons. The molecule has 0 unspecified atom stereocenters. The van der Waals surface area contributed by atoms with Crippen molar-refractivity contribution in [3.8, 4) is 17.4 Å². The Hall–Kier alpha value is -2.12. The van der Waals surface area contributed by atoms with Gasteiger partial charge in [0, 0.05) is 5.56 Å². The zero-order valence-electron chi connectivity index (χ0n) is 9.22. The highest BCUT2D eigenvalue weighted by molar-refractivity contribution is 9.10. The molecule has 0 atom stereocenters. The zero-order chi connectivity index (χ0) is 12.5. The summed E-state index contributed by atoms with van der Waals surface area (Å²) in [5, 5.41) is 14.8. The van der Waals surface area contributed by atoms with Crippen molar-refractivity contribution in [2.24, 2.45) is 0 Å². The van der Waals surface area contributed by atoms with Gasteiger partial charge in [-0.15, -0.1) is 0 Å². The number of benzene rings is 2. The third-order valence-corrected chi connectivity index (χ3v) is 3.51. The number of halogens is 1. The quantitative estimate of drug-likeness (QED) is 0.679. The van der Waals surface area contributed by atoms with Crippen molar-refractivity contribution in [1.82, 2.24) is 5.16 Å². The summed E-state index contributed by atoms with van der Waals surface area (Å²) in [4.78, 5) is 0. The molecule has 18 heavy (non-hydrogen) atoms. The molecule has 3 aromatic rings. The largest absolute Gasteiger partial charge is 0.354 e. The van der Waals surface area contributed by atoms with E-state index < -0.39 is 0 Å². The number of nitriles is 1. The molecule has 4 heteroatoms. The molecule has 3 nitrogen and oxygen atoms in total. The summed E-state index contributed by atoms with van der Waals surface area (Å²) in [5.74, 6) is 0.586. The van der Waals surface area contributed by atoms with Crippen LogP contribution in [0.1, 0.15) is 5.69 Å². The minimum Gasteiger partial charge on any atom is -0.354 e. The van der Waals surface area contributed by atoms with E-state index in [1.807, 2.05) is 48.5 Å². The standard InChI is InChI=1S/C14H7BrN2O/c15-13-12(8-16)17-18-14(13)11-7-3-5-9-4-1-2-6-10(9)11/h1-7H. The highest BCUT2D eigenvalue weighted by Gasteiger charge is 2.16. The number of nitrogens with zero attached hydrogens (tertiary/aromatic N) is 2. The average Bonchev–Trinajstić information content (AvgIpc) is 2.79. The smallest absolute Gasteiger partial charge is 0.198 e. The van der Waals surface area contributed by atoms with E-state index in [0.717, 1.165) is 16.3 Å². The van der Waals surface area contributed by atoms with E-state index in [1.165, 1.54) is 0 Å². The molecule has 0 fully saturated rings. The summed E-state index contributed by atoms with van der Waals surface area (Å²) in [6, 6.07) is 15.9. The minimum absolute atomic E-state index is 0.262. The topological polar surface area (TPSA) is 49.8 Å². The van der Waals surface area contributed by atoms with Crippen LogP contribution in [0, 0.1) is 11.3 Å². The van der Waals surface area contributed by atoms with Crippen LogP contribution in [0.15, 0.2) is 51.5 Å². The Balaban J connectivity index is 2.32. The van der Waals surface area contributed by atoms with E-state index >= 15 is 0 Å². The van der Waals surface area contributed by atoms with Crippen molar-refractivity contribution in [2.45, 2.75) is 0 Å². The van der Waals surface area contributed by atoms with Gasteiger partial charge in [-0.1, -0.05) is 47.6 Å². The Morgan fingerprint density at radius 3 is 2.67 bits per heavy atom. The van der Waals surface area contributed by atoms with Gasteiger partial charge in [0.1, 0.15) is 10.5 Å². The molecule has 0 aliphatic heterocycles. The molecule has 0 amide bonds. The molecule has 1 aromatic heterocycles. The van der Waals surface area contributed by atoms with Crippen LogP contribution in [-0.2, 0) is 0 Å². The predicted molar refractivity (Wildman–Crippen MR) is 71.9 cm³/mol. The van der Waals surface area contributed by atoms with Crippen molar-refractivity contribution < 1.29 is 4.52 Å². The molecule has 0 saturated carbocycles. The van der Waals surface area contributed by atoms with E-state index in [2.05, 4.69) is 21.1 Å². The van der Waals surface area contributed by atoms with E-state index in [4.69, 9.17) is 9.78 Å². The summed E-state index contributed by atoms with van der Waals surface area (Å²) in [7, 11) is 0. The molecule has 0 aliphatic rings. The van der Waals surface area contributed by atoms with Gasteiger partial charge in [-0.3, -0.25) is 0 Å². The summed E-state index contributed by atoms with van der Waals surface area (Å²) >= 11 is 3.36. The lowest BCUT2D eigenvalue weighted by Gasteiger charge is -2.03. The number of fused-ring (bicyclic) bond motifs is 1. The Bertz CT molecular complexity index is 766. The second-order valence-electron chi connectivity index (χ2n) is 3.81. The zero-order valence-corrected chi connectivity index (χ0v) is 10.8. The Morgan fingerprint density at radius 1 is 1.11 bits per heavy atom. The van der Waals surface area contributed by atoms with Gasteiger partial charge in [0.15, 0.2) is 11.5 Å². The molecule has 0 spiro atoms. The monoisotopic (exact) mass is 298 g/mol. The molecule has 1 heterocycles. The van der Waals surface area contributed by atoms with Crippen molar-refractivity contribution in [2.75, 3.05) is 0 Å². The van der Waals surface area contributed by atoms with Gasteiger partial charge in [0.25, 0.3) is 0 Å². The molecule has 0 aliphatic carbocycles. The molecule has 0 saturated heterocycles. The lowest BCUT2D eigenvalue weighted by atomic mass is 10.0. The Labute approximate surface area is 112 Å². The van der Waals surface area contributed by atoms with Crippen LogP contribution in [0.5, 0.6) is 0 Å². The first-order chi connectivity index (χ1) is 8.81. The van der Waals surface area contributed by atoms with Gasteiger partial charge < -0.3 is 4.52 Å². The fourth-order valence-corrected chi connectivity index (χ4v) is 2.39. The summed E-state index contributed by atoms with van der Waals surface area (Å²) in [6.45, 7) is 0. The highest BCUT2D eigenvalue weighted by atomic mass is 79.9. The van der Waals surface area contributed by atoms with Crippen LogP contribution in [-0.4, -0.2) is 5.16 Å². The van der Waals surface area contributed by atoms with Crippen molar-refractivity contribution in [3.63, 3.8) is 0 Å². The summed E-state index contributed by atoms with van der Waals surface area (Å²) in [6.07, 6.45) is 0. The number of aromatic nitrogens is 1. The minimum atomic E-state index is 0.262. The fraction of sp³-hybridized carbons (Fsp3) is 0. The number of hydrogen-bond acceptors (Lipinski definition) is 3. The second-order valence-corrected chi connectivity index (χ2v) is 4.61. The van der Waals surface area contributed by atoms with E-state index in [-0.39, 0.29) is 5.69 Å². The Morgan fingerprint density at radius 2 is 1.89 bits per heavy atom. The van der Waals surface area contributed by atoms with Crippen LogP contribution >= 0.6 is 15.9 Å². The van der Waals surface area contributed by atoms with Gasteiger partial charge in [-0.2, -0.15) is 5.26 Å². The molecule has 0 bridgehead atoms. The third kappa shape index (κ3) is 1.60. The molecule has 0 radical (unpaired) electrons. The van der Waals surface area contributed by atoms with Crippen LogP contribution in [0.25, 0.3) is 22.1 Å². The number of hydrogen-bond donors (Lipinski definition) is 0. The fourth-order valence-electron chi connectivity index (χ4n) is 1.94. The lowest BCUT2D eigenvalue weighted by Crippen LogP contribution is -1.80. The molecule has 0 N–H and O–H groups in total. The first-order valence-corrected chi connectivity index (χ1v) is 6.14. The lowest BCUT2D eigenvalue weighted by molar-refractivity contribution is 0.430. The van der Waals surface area contributed by atoms with Gasteiger partial charge >= 0.3 is 0 Å².